The lowest BCUT2D eigenvalue weighted by Gasteiger charge is -2.18. The van der Waals surface area contributed by atoms with Crippen LogP contribution >= 0.6 is 0 Å². The van der Waals surface area contributed by atoms with Crippen molar-refractivity contribution in [3.63, 3.8) is 0 Å². The van der Waals surface area contributed by atoms with Gasteiger partial charge in [-0.3, -0.25) is 19.6 Å². The minimum absolute atomic E-state index is 0.122. The van der Waals surface area contributed by atoms with Crippen LogP contribution in [-0.4, -0.2) is 26.2 Å². The maximum absolute atomic E-state index is 12.1. The van der Waals surface area contributed by atoms with Crippen molar-refractivity contribution < 1.29 is 5.11 Å². The number of hydrogen-bond donors (Lipinski definition) is 3. The minimum Gasteiger partial charge on any atom is -0.396 e. The molecule has 3 N–H and O–H groups in total. The molecule has 0 saturated heterocycles. The van der Waals surface area contributed by atoms with Gasteiger partial charge in [0.1, 0.15) is 5.65 Å². The Morgan fingerprint density at radius 3 is 2.54 bits per heavy atom. The van der Waals surface area contributed by atoms with Gasteiger partial charge < -0.3 is 9.67 Å². The van der Waals surface area contributed by atoms with Gasteiger partial charge in [-0.05, 0) is 36.6 Å². The number of aromatic nitrogens is 3. The van der Waals surface area contributed by atoms with Crippen LogP contribution in [0.4, 0.5) is 0 Å². The minimum atomic E-state index is -0.570. The van der Waals surface area contributed by atoms with Gasteiger partial charge in [0.05, 0.1) is 11.1 Å². The highest BCUT2D eigenvalue weighted by molar-refractivity contribution is 5.82. The molecule has 0 radical (unpaired) electrons. The Labute approximate surface area is 136 Å². The smallest absolute Gasteiger partial charge is 0.327 e. The molecular weight excluding hydrogens is 310 g/mol. The topological polar surface area (TPSA) is 108 Å². The highest BCUT2D eigenvalue weighted by Crippen LogP contribution is 2.24. The molecule has 2 aliphatic rings. The molecule has 0 atom stereocenters. The van der Waals surface area contributed by atoms with Gasteiger partial charge >= 0.3 is 5.69 Å². The van der Waals surface area contributed by atoms with E-state index < -0.39 is 11.2 Å². The summed E-state index contributed by atoms with van der Waals surface area (Å²) in [5.41, 5.74) is 0.746. The van der Waals surface area contributed by atoms with Gasteiger partial charge in [-0.15, -0.1) is 0 Å². The molecule has 1 aromatic rings. The number of unbranched alkanes of at least 4 members (excludes halogenated alkanes) is 3. The molecular formula is C17H19N3O4. The zero-order valence-electron chi connectivity index (χ0n) is 13.2. The molecule has 24 heavy (non-hydrogen) atoms. The predicted molar refractivity (Wildman–Crippen MR) is 91.6 cm³/mol. The zero-order chi connectivity index (χ0) is 17.1. The molecule has 7 heteroatoms. The average Bonchev–Trinajstić information content (AvgIpc) is 2.55. The van der Waals surface area contributed by atoms with Crippen molar-refractivity contribution in [3.05, 3.63) is 55.3 Å². The lowest BCUT2D eigenvalue weighted by molar-refractivity contribution is 0.282. The number of aliphatic hydroxyl groups is 1. The third-order valence-electron chi connectivity index (χ3n) is 4.11. The SMILES string of the molecule is O=c1ccc2cc3c(=O)[nH]c(=O)[nH]c3n(CCCCCCO)c-2c1. The van der Waals surface area contributed by atoms with Crippen molar-refractivity contribution in [1.82, 2.24) is 14.5 Å². The van der Waals surface area contributed by atoms with Crippen molar-refractivity contribution in [2.75, 3.05) is 6.61 Å². The quantitative estimate of drug-likeness (QED) is 0.464. The number of benzene rings is 1. The summed E-state index contributed by atoms with van der Waals surface area (Å²) in [7, 11) is 0. The first-order valence-corrected chi connectivity index (χ1v) is 8.01. The molecule has 1 aliphatic heterocycles. The number of rotatable bonds is 6. The first-order chi connectivity index (χ1) is 11.6. The van der Waals surface area contributed by atoms with E-state index in [0.29, 0.717) is 23.3 Å². The number of nitrogens with zero attached hydrogens (tertiary/aromatic N) is 1. The number of hydrogen-bond acceptors (Lipinski definition) is 4. The number of pyridine rings is 1. The van der Waals surface area contributed by atoms with Crippen LogP contribution in [0, 0.1) is 0 Å². The third-order valence-corrected chi connectivity index (χ3v) is 4.11. The Morgan fingerprint density at radius 1 is 0.958 bits per heavy atom. The molecule has 0 aromatic carbocycles. The normalized spacial score (nSPS) is 11.4. The van der Waals surface area contributed by atoms with E-state index in [1.54, 1.807) is 12.1 Å². The Kier molecular flexibility index (Phi) is 4.61. The second-order valence-electron chi connectivity index (χ2n) is 5.82. The fourth-order valence-corrected chi connectivity index (χ4v) is 2.95. The van der Waals surface area contributed by atoms with Gasteiger partial charge in [0, 0.05) is 19.2 Å². The summed E-state index contributed by atoms with van der Waals surface area (Å²) in [6.07, 6.45) is 3.39. The summed E-state index contributed by atoms with van der Waals surface area (Å²) in [4.78, 5) is 40.4. The number of aliphatic hydroxyl groups excluding tert-OH is 1. The van der Waals surface area contributed by atoms with Gasteiger partial charge in [-0.1, -0.05) is 12.8 Å². The Bertz CT molecular complexity index is 999. The second kappa shape index (κ2) is 6.84. The first kappa shape index (κ1) is 16.2. The fraction of sp³-hybridized carbons (Fsp3) is 0.353. The molecule has 2 heterocycles. The van der Waals surface area contributed by atoms with E-state index in [1.165, 1.54) is 12.1 Å². The lowest BCUT2D eigenvalue weighted by atomic mass is 10.1. The Morgan fingerprint density at radius 2 is 1.75 bits per heavy atom. The molecule has 0 amide bonds. The standard InChI is InChI=1S/C17H19N3O4/c21-8-4-2-1-3-7-20-14-10-12(22)6-5-11(14)9-13-15(20)18-17(24)19-16(13)23/h5-6,9-10,21H,1-4,7-8H2,(H2,18,19,23,24). The lowest BCUT2D eigenvalue weighted by Crippen LogP contribution is -2.25. The van der Waals surface area contributed by atoms with Crippen molar-refractivity contribution >= 4 is 11.0 Å². The fourth-order valence-electron chi connectivity index (χ4n) is 2.95. The molecule has 0 bridgehead atoms. The van der Waals surface area contributed by atoms with Crippen LogP contribution in [0.25, 0.3) is 22.3 Å². The Hall–Kier alpha value is -2.67. The molecule has 1 aromatic heterocycles. The number of nitrogens with one attached hydrogen (secondary N) is 2. The van der Waals surface area contributed by atoms with E-state index in [9.17, 15) is 14.4 Å². The first-order valence-electron chi connectivity index (χ1n) is 8.01. The second-order valence-corrected chi connectivity index (χ2v) is 5.82. The number of aromatic amines is 2. The number of H-pyrrole nitrogens is 2. The average molecular weight is 329 g/mol. The predicted octanol–water partition coefficient (Wildman–Crippen LogP) is 1.04. The van der Waals surface area contributed by atoms with Crippen LogP contribution in [0.15, 0.2) is 38.6 Å². The van der Waals surface area contributed by atoms with Crippen LogP contribution in [0.3, 0.4) is 0 Å². The maximum atomic E-state index is 12.1. The van der Waals surface area contributed by atoms with Gasteiger partial charge in [0.2, 0.25) is 0 Å². The highest BCUT2D eigenvalue weighted by atomic mass is 16.3. The largest absolute Gasteiger partial charge is 0.396 e. The Balaban J connectivity index is 2.14. The van der Waals surface area contributed by atoms with Crippen molar-refractivity contribution in [2.24, 2.45) is 0 Å². The van der Waals surface area contributed by atoms with E-state index in [1.807, 2.05) is 4.57 Å². The third kappa shape index (κ3) is 3.16. The summed E-state index contributed by atoms with van der Waals surface area (Å²) < 4.78 is 1.82. The molecule has 7 nitrogen and oxygen atoms in total. The zero-order valence-corrected chi connectivity index (χ0v) is 13.2. The van der Waals surface area contributed by atoms with Crippen LogP contribution in [-0.2, 0) is 6.54 Å². The van der Waals surface area contributed by atoms with E-state index >= 15 is 0 Å². The molecule has 126 valence electrons. The molecule has 0 fully saturated rings. The number of aryl methyl sites for hydroxylation is 1. The van der Waals surface area contributed by atoms with Crippen molar-refractivity contribution in [2.45, 2.75) is 32.2 Å². The molecule has 1 aliphatic carbocycles. The van der Waals surface area contributed by atoms with Crippen molar-refractivity contribution in [3.8, 4) is 11.3 Å². The highest BCUT2D eigenvalue weighted by Gasteiger charge is 2.14. The molecule has 3 rings (SSSR count). The van der Waals surface area contributed by atoms with Crippen LogP contribution in [0.5, 0.6) is 0 Å². The summed E-state index contributed by atoms with van der Waals surface area (Å²) in [6.45, 7) is 0.745. The van der Waals surface area contributed by atoms with Gasteiger partial charge in [0.15, 0.2) is 5.43 Å². The molecule has 0 spiro atoms. The van der Waals surface area contributed by atoms with Crippen molar-refractivity contribution in [1.29, 1.82) is 0 Å². The molecule has 0 saturated carbocycles. The summed E-state index contributed by atoms with van der Waals surface area (Å²) in [6, 6.07) is 6.34. The van der Waals surface area contributed by atoms with E-state index in [2.05, 4.69) is 9.97 Å². The van der Waals surface area contributed by atoms with Crippen LogP contribution in [0.2, 0.25) is 0 Å². The summed E-state index contributed by atoms with van der Waals surface area (Å²) >= 11 is 0. The van der Waals surface area contributed by atoms with Gasteiger partial charge in [-0.2, -0.15) is 0 Å². The van der Waals surface area contributed by atoms with Gasteiger partial charge in [-0.25, -0.2) is 4.79 Å². The summed E-state index contributed by atoms with van der Waals surface area (Å²) in [5, 5.41) is 9.22. The molecule has 0 unspecified atom stereocenters. The van der Waals surface area contributed by atoms with Crippen LogP contribution < -0.4 is 16.7 Å². The summed E-state index contributed by atoms with van der Waals surface area (Å²) in [5.74, 6) is 0. The van der Waals surface area contributed by atoms with Gasteiger partial charge in [0.25, 0.3) is 5.56 Å². The van der Waals surface area contributed by atoms with E-state index in [0.717, 1.165) is 31.2 Å². The maximum Gasteiger partial charge on any atom is 0.327 e. The number of fused-ring (bicyclic) bond motifs is 2. The van der Waals surface area contributed by atoms with E-state index in [-0.39, 0.29) is 12.0 Å². The van der Waals surface area contributed by atoms with Crippen LogP contribution in [0.1, 0.15) is 25.7 Å². The van der Waals surface area contributed by atoms with E-state index in [4.69, 9.17) is 5.11 Å². The monoisotopic (exact) mass is 329 g/mol.